The minimum absolute atomic E-state index is 0.128. The van der Waals surface area contributed by atoms with E-state index in [1.807, 2.05) is 48.2 Å². The first-order chi connectivity index (χ1) is 15.2. The Labute approximate surface area is 186 Å². The van der Waals surface area contributed by atoms with Crippen LogP contribution in [0.1, 0.15) is 27.8 Å². The molecule has 1 aliphatic rings. The summed E-state index contributed by atoms with van der Waals surface area (Å²) in [4.78, 5) is 1.34. The van der Waals surface area contributed by atoms with E-state index in [2.05, 4.69) is 42.2 Å². The fourth-order valence-corrected chi connectivity index (χ4v) is 5.11. The van der Waals surface area contributed by atoms with Crippen molar-refractivity contribution in [3.05, 3.63) is 101 Å². The van der Waals surface area contributed by atoms with E-state index in [1.165, 1.54) is 16.0 Å². The average molecular weight is 423 g/mol. The van der Waals surface area contributed by atoms with Gasteiger partial charge in [0.1, 0.15) is 11.5 Å². The molecule has 5 rings (SSSR count). The van der Waals surface area contributed by atoms with E-state index in [0.717, 1.165) is 34.1 Å². The van der Waals surface area contributed by atoms with Gasteiger partial charge in [-0.25, -0.2) is 0 Å². The molecule has 0 spiro atoms. The Hall–Kier alpha value is -3.35. The lowest BCUT2D eigenvalue weighted by molar-refractivity contribution is 0.445. The SMILES string of the molecule is Oc1cc2ccc(C#CCc3ccccc3)cc2c(O)c1Cc1ccc2c(c1)CCS2. The van der Waals surface area contributed by atoms with E-state index in [4.69, 9.17) is 0 Å². The lowest BCUT2D eigenvalue weighted by Gasteiger charge is -2.12. The molecule has 2 N–H and O–H groups in total. The normalized spacial score (nSPS) is 12.4. The van der Waals surface area contributed by atoms with Crippen molar-refractivity contribution < 1.29 is 10.2 Å². The summed E-state index contributed by atoms with van der Waals surface area (Å²) in [5.41, 5.74) is 5.05. The molecule has 0 saturated heterocycles. The molecule has 4 aromatic carbocycles. The van der Waals surface area contributed by atoms with Gasteiger partial charge in [-0.05, 0) is 52.8 Å². The van der Waals surface area contributed by atoms with Gasteiger partial charge in [-0.3, -0.25) is 0 Å². The zero-order valence-corrected chi connectivity index (χ0v) is 17.9. The van der Waals surface area contributed by atoms with Gasteiger partial charge in [0.15, 0.2) is 0 Å². The molecular weight excluding hydrogens is 400 g/mol. The standard InChI is InChI=1S/C28H22O2S/c29-26-18-22-11-9-20(8-4-7-19-5-2-1-3-6-19)16-24(22)28(30)25(26)17-21-10-12-27-23(15-21)13-14-31-27/h1-3,5-6,9-12,15-16,18,29-30H,7,13-14,17H2. The predicted molar refractivity (Wildman–Crippen MR) is 128 cm³/mol. The molecule has 152 valence electrons. The molecule has 1 heterocycles. The Morgan fingerprint density at radius 2 is 1.74 bits per heavy atom. The van der Waals surface area contributed by atoms with Crippen LogP contribution in [0.2, 0.25) is 0 Å². The summed E-state index contributed by atoms with van der Waals surface area (Å²) < 4.78 is 0. The van der Waals surface area contributed by atoms with E-state index >= 15 is 0 Å². The fraction of sp³-hybridized carbons (Fsp3) is 0.143. The van der Waals surface area contributed by atoms with Crippen LogP contribution < -0.4 is 0 Å². The summed E-state index contributed by atoms with van der Waals surface area (Å²) in [5, 5.41) is 23.1. The molecule has 0 bridgehead atoms. The predicted octanol–water partition coefficient (Wildman–Crippen LogP) is 6.08. The summed E-state index contributed by atoms with van der Waals surface area (Å²) in [6.45, 7) is 0. The van der Waals surface area contributed by atoms with Gasteiger partial charge in [-0.2, -0.15) is 0 Å². The summed E-state index contributed by atoms with van der Waals surface area (Å²) >= 11 is 1.89. The summed E-state index contributed by atoms with van der Waals surface area (Å²) in [7, 11) is 0. The van der Waals surface area contributed by atoms with Crippen LogP contribution in [-0.2, 0) is 19.3 Å². The van der Waals surface area contributed by atoms with Gasteiger partial charge in [0.25, 0.3) is 0 Å². The Bertz CT molecular complexity index is 1330. The smallest absolute Gasteiger partial charge is 0.130 e. The highest BCUT2D eigenvalue weighted by atomic mass is 32.2. The van der Waals surface area contributed by atoms with Gasteiger partial charge in [-0.15, -0.1) is 11.8 Å². The maximum absolute atomic E-state index is 11.0. The third-order valence-corrected chi connectivity index (χ3v) is 6.82. The molecule has 0 aliphatic carbocycles. The Kier molecular flexibility index (Phi) is 5.32. The highest BCUT2D eigenvalue weighted by Crippen LogP contribution is 2.38. The molecule has 3 heteroatoms. The average Bonchev–Trinajstić information content (AvgIpc) is 3.26. The van der Waals surface area contributed by atoms with Gasteiger partial charge >= 0.3 is 0 Å². The van der Waals surface area contributed by atoms with Crippen molar-refractivity contribution >= 4 is 22.5 Å². The van der Waals surface area contributed by atoms with Crippen molar-refractivity contribution in [2.24, 2.45) is 0 Å². The Morgan fingerprint density at radius 3 is 2.61 bits per heavy atom. The van der Waals surface area contributed by atoms with Crippen molar-refractivity contribution in [3.63, 3.8) is 0 Å². The van der Waals surface area contributed by atoms with Crippen LogP contribution in [0.15, 0.2) is 77.7 Å². The van der Waals surface area contributed by atoms with E-state index in [1.54, 1.807) is 6.07 Å². The number of fused-ring (bicyclic) bond motifs is 2. The number of aromatic hydroxyl groups is 2. The topological polar surface area (TPSA) is 40.5 Å². The maximum atomic E-state index is 11.0. The maximum Gasteiger partial charge on any atom is 0.130 e. The van der Waals surface area contributed by atoms with E-state index in [9.17, 15) is 10.2 Å². The molecular formula is C28H22O2S. The van der Waals surface area contributed by atoms with E-state index < -0.39 is 0 Å². The zero-order valence-electron chi connectivity index (χ0n) is 17.1. The largest absolute Gasteiger partial charge is 0.507 e. The molecule has 31 heavy (non-hydrogen) atoms. The van der Waals surface area contributed by atoms with Crippen LogP contribution in [0.25, 0.3) is 10.8 Å². The monoisotopic (exact) mass is 422 g/mol. The van der Waals surface area contributed by atoms with Crippen LogP contribution >= 0.6 is 11.8 Å². The lowest BCUT2D eigenvalue weighted by Crippen LogP contribution is -1.93. The van der Waals surface area contributed by atoms with Crippen LogP contribution in [0.4, 0.5) is 0 Å². The molecule has 2 nitrogen and oxygen atoms in total. The molecule has 0 fully saturated rings. The van der Waals surface area contributed by atoms with E-state index in [0.29, 0.717) is 18.4 Å². The number of rotatable bonds is 3. The molecule has 0 atom stereocenters. The van der Waals surface area contributed by atoms with Gasteiger partial charge in [0.05, 0.1) is 0 Å². The van der Waals surface area contributed by atoms with Gasteiger partial charge < -0.3 is 10.2 Å². The summed E-state index contributed by atoms with van der Waals surface area (Å²) in [6.07, 6.45) is 2.26. The van der Waals surface area contributed by atoms with Crippen LogP contribution in [0.5, 0.6) is 11.5 Å². The highest BCUT2D eigenvalue weighted by molar-refractivity contribution is 7.99. The Morgan fingerprint density at radius 1 is 0.871 bits per heavy atom. The van der Waals surface area contributed by atoms with Crippen molar-refractivity contribution in [1.29, 1.82) is 0 Å². The van der Waals surface area contributed by atoms with Crippen molar-refractivity contribution in [1.82, 2.24) is 0 Å². The number of hydrogen-bond donors (Lipinski definition) is 2. The lowest BCUT2D eigenvalue weighted by atomic mass is 9.96. The fourth-order valence-electron chi connectivity index (χ4n) is 4.06. The first-order valence-electron chi connectivity index (χ1n) is 10.4. The van der Waals surface area contributed by atoms with Gasteiger partial charge in [0.2, 0.25) is 0 Å². The van der Waals surface area contributed by atoms with Crippen molar-refractivity contribution in [3.8, 4) is 23.3 Å². The summed E-state index contributed by atoms with van der Waals surface area (Å²) in [5.74, 6) is 7.80. The number of aryl methyl sites for hydroxylation is 1. The first kappa shape index (κ1) is 19.6. The third kappa shape index (κ3) is 4.13. The van der Waals surface area contributed by atoms with Crippen molar-refractivity contribution in [2.45, 2.75) is 24.2 Å². The second-order valence-electron chi connectivity index (χ2n) is 7.84. The molecule has 0 amide bonds. The summed E-state index contributed by atoms with van der Waals surface area (Å²) in [6, 6.07) is 24.1. The minimum Gasteiger partial charge on any atom is -0.507 e. The van der Waals surface area contributed by atoms with Crippen LogP contribution in [0.3, 0.4) is 0 Å². The third-order valence-electron chi connectivity index (χ3n) is 5.70. The first-order valence-corrected chi connectivity index (χ1v) is 11.4. The molecule has 0 aromatic heterocycles. The molecule has 0 radical (unpaired) electrons. The second kappa shape index (κ2) is 8.41. The molecule has 4 aromatic rings. The molecule has 0 unspecified atom stereocenters. The quantitative estimate of drug-likeness (QED) is 0.393. The highest BCUT2D eigenvalue weighted by Gasteiger charge is 2.16. The Balaban J connectivity index is 1.46. The van der Waals surface area contributed by atoms with Gasteiger partial charge in [0, 0.05) is 40.0 Å². The molecule has 0 saturated carbocycles. The van der Waals surface area contributed by atoms with Crippen LogP contribution in [-0.4, -0.2) is 16.0 Å². The van der Waals surface area contributed by atoms with E-state index in [-0.39, 0.29) is 11.5 Å². The van der Waals surface area contributed by atoms with Gasteiger partial charge in [-0.1, -0.05) is 60.4 Å². The zero-order chi connectivity index (χ0) is 21.2. The number of benzene rings is 4. The number of hydrogen-bond acceptors (Lipinski definition) is 3. The van der Waals surface area contributed by atoms with Crippen LogP contribution in [0, 0.1) is 11.8 Å². The molecule has 1 aliphatic heterocycles. The number of phenolic OH excluding ortho intramolecular Hbond substituents is 2. The minimum atomic E-state index is 0.128. The van der Waals surface area contributed by atoms with Crippen molar-refractivity contribution in [2.75, 3.05) is 5.75 Å². The number of thioether (sulfide) groups is 1. The number of phenols is 2. The second-order valence-corrected chi connectivity index (χ2v) is 8.98.